The van der Waals surface area contributed by atoms with E-state index >= 15 is 4.39 Å². The molecule has 0 saturated carbocycles. The Bertz CT molecular complexity index is 818. The van der Waals surface area contributed by atoms with Crippen LogP contribution in [0.2, 0.25) is 0 Å². The number of halogens is 2. The molecular weight excluding hydrogens is 411 g/mol. The molecule has 0 radical (unpaired) electrons. The summed E-state index contributed by atoms with van der Waals surface area (Å²) in [6.45, 7) is 2.52. The standard InChI is InChI=1S/C18H22F2NO7P/c1-12(22)9-10-21(13(2)23)17-18(3,19)16(24)15(27-17)11-26-29(20,25)28-14-7-5-4-6-8-14/h4-10,15-17,24H,11H2,1-3H3/b10-9-/t15?,16-,17?,18-,29-/m1/s1. The van der Waals surface area contributed by atoms with Crippen molar-refractivity contribution in [1.29, 1.82) is 0 Å². The summed E-state index contributed by atoms with van der Waals surface area (Å²) in [5.74, 6) is -1.10. The maximum Gasteiger partial charge on any atom is 0.569 e. The van der Waals surface area contributed by atoms with Gasteiger partial charge in [0.15, 0.2) is 17.7 Å². The maximum atomic E-state index is 15.1. The number of amides is 1. The molecule has 1 N–H and O–H groups in total. The number of carbonyl (C=O) groups excluding carboxylic acids is 2. The van der Waals surface area contributed by atoms with Gasteiger partial charge in [0.05, 0.1) is 6.61 Å². The Morgan fingerprint density at radius 3 is 2.52 bits per heavy atom. The SMILES string of the molecule is CC(=O)/C=C\N(C(C)=O)C1OC(CO[P@](=O)(F)Oc2ccccc2)[C@@H](O)[C@@]1(C)F. The van der Waals surface area contributed by atoms with Gasteiger partial charge in [-0.05, 0) is 32.1 Å². The van der Waals surface area contributed by atoms with Crippen LogP contribution in [0.25, 0.3) is 0 Å². The first kappa shape index (κ1) is 23.2. The Labute approximate surface area is 166 Å². The molecule has 2 rings (SSSR count). The van der Waals surface area contributed by atoms with Crippen LogP contribution in [0.1, 0.15) is 20.8 Å². The Hall–Kier alpha value is -2.13. The van der Waals surface area contributed by atoms with E-state index in [1.807, 2.05) is 0 Å². The molecule has 1 aliphatic heterocycles. The highest BCUT2D eigenvalue weighted by atomic mass is 31.2. The van der Waals surface area contributed by atoms with Crippen LogP contribution in [0.3, 0.4) is 0 Å². The molecule has 1 saturated heterocycles. The highest BCUT2D eigenvalue weighted by molar-refractivity contribution is 7.48. The van der Waals surface area contributed by atoms with Gasteiger partial charge in [0.1, 0.15) is 18.0 Å². The van der Waals surface area contributed by atoms with E-state index in [-0.39, 0.29) is 5.75 Å². The van der Waals surface area contributed by atoms with Crippen molar-refractivity contribution in [2.75, 3.05) is 6.61 Å². The molecule has 0 bridgehead atoms. The van der Waals surface area contributed by atoms with Gasteiger partial charge in [0.25, 0.3) is 0 Å². The molecular formula is C18H22F2NO7P. The molecule has 0 aliphatic carbocycles. The van der Waals surface area contributed by atoms with Gasteiger partial charge in [-0.2, -0.15) is 0 Å². The van der Waals surface area contributed by atoms with E-state index < -0.39 is 50.3 Å². The number of ether oxygens (including phenoxy) is 1. The van der Waals surface area contributed by atoms with Crippen LogP contribution < -0.4 is 4.52 Å². The summed E-state index contributed by atoms with van der Waals surface area (Å²) in [5, 5.41) is 10.2. The van der Waals surface area contributed by atoms with Gasteiger partial charge in [0, 0.05) is 13.1 Å². The number of hydrogen-bond acceptors (Lipinski definition) is 7. The second kappa shape index (κ2) is 9.13. The largest absolute Gasteiger partial charge is 0.569 e. The zero-order valence-electron chi connectivity index (χ0n) is 16.0. The average Bonchev–Trinajstić information content (AvgIpc) is 2.84. The number of rotatable bonds is 8. The molecule has 160 valence electrons. The normalized spacial score (nSPS) is 28.8. The summed E-state index contributed by atoms with van der Waals surface area (Å²) < 4.78 is 55.6. The Morgan fingerprint density at radius 2 is 1.97 bits per heavy atom. The molecule has 29 heavy (non-hydrogen) atoms. The van der Waals surface area contributed by atoms with E-state index in [9.17, 15) is 23.5 Å². The van der Waals surface area contributed by atoms with Crippen molar-refractivity contribution in [3.63, 3.8) is 0 Å². The third-order valence-electron chi connectivity index (χ3n) is 4.15. The van der Waals surface area contributed by atoms with Crippen molar-refractivity contribution >= 4 is 19.6 Å². The van der Waals surface area contributed by atoms with Crippen molar-refractivity contribution in [3.05, 3.63) is 42.6 Å². The second-order valence-corrected chi connectivity index (χ2v) is 7.91. The van der Waals surface area contributed by atoms with Crippen LogP contribution in [0.5, 0.6) is 5.75 Å². The maximum absolute atomic E-state index is 15.1. The number of nitrogens with zero attached hydrogens (tertiary/aromatic N) is 1. The molecule has 11 heteroatoms. The van der Waals surface area contributed by atoms with Gasteiger partial charge in [-0.1, -0.05) is 18.2 Å². The zero-order chi connectivity index (χ0) is 21.8. The van der Waals surface area contributed by atoms with Crippen LogP contribution in [0.15, 0.2) is 42.6 Å². The second-order valence-electron chi connectivity index (χ2n) is 6.61. The molecule has 1 heterocycles. The minimum Gasteiger partial charge on any atom is -0.401 e. The van der Waals surface area contributed by atoms with Crippen LogP contribution in [-0.2, 0) is 23.4 Å². The lowest BCUT2D eigenvalue weighted by atomic mass is 9.98. The molecule has 0 aromatic heterocycles. The fourth-order valence-corrected chi connectivity index (χ4v) is 3.43. The van der Waals surface area contributed by atoms with Crippen molar-refractivity contribution in [2.45, 2.75) is 44.9 Å². The highest BCUT2D eigenvalue weighted by Crippen LogP contribution is 2.50. The lowest BCUT2D eigenvalue weighted by Gasteiger charge is -2.31. The smallest absolute Gasteiger partial charge is 0.401 e. The predicted molar refractivity (Wildman–Crippen MR) is 98.3 cm³/mol. The molecule has 2 unspecified atom stereocenters. The number of benzene rings is 1. The van der Waals surface area contributed by atoms with E-state index in [1.54, 1.807) is 6.07 Å². The molecule has 1 amide bonds. The molecule has 1 aliphatic rings. The predicted octanol–water partition coefficient (Wildman–Crippen LogP) is 2.92. The van der Waals surface area contributed by atoms with Crippen LogP contribution >= 0.6 is 7.91 Å². The van der Waals surface area contributed by atoms with Crippen molar-refractivity contribution in [3.8, 4) is 5.75 Å². The third kappa shape index (κ3) is 5.93. The first-order chi connectivity index (χ1) is 13.4. The number of ketones is 1. The molecule has 1 aromatic rings. The Morgan fingerprint density at radius 1 is 1.34 bits per heavy atom. The minimum atomic E-state index is -5.08. The topological polar surface area (TPSA) is 102 Å². The van der Waals surface area contributed by atoms with Gasteiger partial charge in [0.2, 0.25) is 5.91 Å². The summed E-state index contributed by atoms with van der Waals surface area (Å²) in [4.78, 5) is 23.8. The van der Waals surface area contributed by atoms with E-state index in [1.165, 1.54) is 31.2 Å². The lowest BCUT2D eigenvalue weighted by Crippen LogP contribution is -2.49. The first-order valence-corrected chi connectivity index (χ1v) is 10.1. The van der Waals surface area contributed by atoms with Gasteiger partial charge >= 0.3 is 7.91 Å². The fraction of sp³-hybridized carbons (Fsp3) is 0.444. The van der Waals surface area contributed by atoms with E-state index in [2.05, 4.69) is 9.05 Å². The molecule has 0 spiro atoms. The minimum absolute atomic E-state index is 0.0449. The van der Waals surface area contributed by atoms with Crippen molar-refractivity contribution in [2.24, 2.45) is 0 Å². The quantitative estimate of drug-likeness (QED) is 0.497. The molecule has 1 fully saturated rings. The number of aliphatic hydroxyl groups is 1. The van der Waals surface area contributed by atoms with Crippen LogP contribution in [0.4, 0.5) is 8.59 Å². The number of carbonyl (C=O) groups is 2. The summed E-state index contributed by atoms with van der Waals surface area (Å²) in [6, 6.07) is 7.42. The lowest BCUT2D eigenvalue weighted by molar-refractivity contribution is -0.145. The zero-order valence-corrected chi connectivity index (χ0v) is 16.9. The van der Waals surface area contributed by atoms with E-state index in [0.717, 1.165) is 31.0 Å². The van der Waals surface area contributed by atoms with E-state index in [0.29, 0.717) is 0 Å². The van der Waals surface area contributed by atoms with Crippen molar-refractivity contribution < 1.29 is 41.6 Å². The van der Waals surface area contributed by atoms with Gasteiger partial charge < -0.3 is 14.4 Å². The Balaban J connectivity index is 2.09. The molecule has 5 atom stereocenters. The van der Waals surface area contributed by atoms with Crippen molar-refractivity contribution in [1.82, 2.24) is 4.90 Å². The van der Waals surface area contributed by atoms with Gasteiger partial charge in [-0.3, -0.25) is 19.0 Å². The van der Waals surface area contributed by atoms with E-state index in [4.69, 9.17) is 4.74 Å². The number of allylic oxidation sites excluding steroid dienone is 1. The highest BCUT2D eigenvalue weighted by Gasteiger charge is 2.57. The third-order valence-corrected chi connectivity index (χ3v) is 5.04. The molecule has 8 nitrogen and oxygen atoms in total. The Kier molecular flexibility index (Phi) is 7.29. The summed E-state index contributed by atoms with van der Waals surface area (Å²) >= 11 is 0. The van der Waals surface area contributed by atoms with Crippen LogP contribution in [0, 0.1) is 0 Å². The summed E-state index contributed by atoms with van der Waals surface area (Å²) in [7, 11) is -5.08. The average molecular weight is 433 g/mol. The van der Waals surface area contributed by atoms with Gasteiger partial charge in [-0.25, -0.2) is 8.96 Å². The van der Waals surface area contributed by atoms with Gasteiger partial charge in [-0.15, -0.1) is 4.20 Å². The first-order valence-electron chi connectivity index (χ1n) is 8.63. The monoisotopic (exact) mass is 433 g/mol. The number of hydrogen-bond donors (Lipinski definition) is 1. The van der Waals surface area contributed by atoms with Crippen LogP contribution in [-0.4, -0.2) is 52.4 Å². The fourth-order valence-electron chi connectivity index (χ4n) is 2.68. The number of aliphatic hydroxyl groups excluding tert-OH is 1. The number of alkyl halides is 1. The summed E-state index contributed by atoms with van der Waals surface area (Å²) in [5.41, 5.74) is -2.48. The number of para-hydroxylation sites is 1. The molecule has 1 aromatic carbocycles. The summed E-state index contributed by atoms with van der Waals surface area (Å²) in [6.07, 6.45) is -2.85.